The van der Waals surface area contributed by atoms with E-state index in [1.165, 1.54) is 141 Å². The smallest absolute Gasteiger partial charge is 0.481 e. The molecule has 0 fully saturated rings. The Morgan fingerprint density at radius 1 is 0.406 bits per heavy atom. The molecule has 10 nitrogen and oxygen atoms in total. The molecule has 378 valence electrons. The van der Waals surface area contributed by atoms with Crippen molar-refractivity contribution in [3.63, 3.8) is 0 Å². The van der Waals surface area contributed by atoms with Crippen molar-refractivity contribution in [3.8, 4) is 0 Å². The van der Waals surface area contributed by atoms with Crippen molar-refractivity contribution in [3.05, 3.63) is 0 Å². The maximum atomic E-state index is 13.4. The molecule has 0 aliphatic heterocycles. The summed E-state index contributed by atoms with van der Waals surface area (Å²) < 4.78 is 17.5. The van der Waals surface area contributed by atoms with E-state index in [0.717, 1.165) is 116 Å². The van der Waals surface area contributed by atoms with E-state index in [-0.39, 0.29) is 24.6 Å². The molecule has 64 heavy (non-hydrogen) atoms. The third-order valence-corrected chi connectivity index (χ3v) is 12.9. The maximum Gasteiger partial charge on any atom is 0.508 e. The van der Waals surface area contributed by atoms with E-state index < -0.39 is 18.1 Å². The van der Waals surface area contributed by atoms with Crippen LogP contribution in [0.1, 0.15) is 284 Å². The summed E-state index contributed by atoms with van der Waals surface area (Å²) in [5.41, 5.74) is 0. The Balaban J connectivity index is 4.85. The fourth-order valence-electron chi connectivity index (χ4n) is 8.56. The Labute approximate surface area is 393 Å². The summed E-state index contributed by atoms with van der Waals surface area (Å²) in [6, 6.07) is 0. The molecular weight excluding hydrogens is 807 g/mol. The highest BCUT2D eigenvalue weighted by molar-refractivity contribution is 5.69. The second kappa shape index (κ2) is 48.6. The van der Waals surface area contributed by atoms with E-state index in [9.17, 15) is 19.2 Å². The van der Waals surface area contributed by atoms with Gasteiger partial charge < -0.3 is 29.3 Å². The number of unbranched alkanes of at least 4 members (excludes halogenated alkanes) is 31. The molecule has 0 radical (unpaired) electrons. The summed E-state index contributed by atoms with van der Waals surface area (Å²) in [6.45, 7) is 6.50. The molecule has 0 amide bonds. The lowest BCUT2D eigenvalue weighted by Gasteiger charge is -2.20. The van der Waals surface area contributed by atoms with Gasteiger partial charge in [0.1, 0.15) is 12.2 Å². The second-order valence-corrected chi connectivity index (χ2v) is 19.1. The predicted octanol–water partition coefficient (Wildman–Crippen LogP) is 15.9. The fraction of sp³-hybridized carbons (Fsp3) is 0.926. The zero-order valence-electron chi connectivity index (χ0n) is 42.2. The molecule has 0 rings (SSSR count). The third kappa shape index (κ3) is 47.6. The lowest BCUT2D eigenvalue weighted by Crippen LogP contribution is -2.24. The molecule has 0 bridgehead atoms. The first-order valence-corrected chi connectivity index (χ1v) is 27.3. The molecule has 10 heteroatoms. The highest BCUT2D eigenvalue weighted by Crippen LogP contribution is 2.21. The van der Waals surface area contributed by atoms with Crippen molar-refractivity contribution in [2.24, 2.45) is 0 Å². The van der Waals surface area contributed by atoms with Gasteiger partial charge in [0, 0.05) is 25.8 Å². The van der Waals surface area contributed by atoms with Gasteiger partial charge in [-0.05, 0) is 77.8 Å². The molecule has 2 N–H and O–H groups in total. The van der Waals surface area contributed by atoms with Crippen LogP contribution in [0.2, 0.25) is 0 Å². The number of carboxylic acid groups (broad SMARTS) is 2. The van der Waals surface area contributed by atoms with Gasteiger partial charge >= 0.3 is 24.1 Å². The summed E-state index contributed by atoms with van der Waals surface area (Å²) in [5, 5.41) is 17.6. The van der Waals surface area contributed by atoms with Crippen LogP contribution in [0, 0.1) is 0 Å². The Hall–Kier alpha value is -2.36. The van der Waals surface area contributed by atoms with E-state index >= 15 is 0 Å². The average molecular weight is 910 g/mol. The first-order chi connectivity index (χ1) is 31.2. The average Bonchev–Trinajstić information content (AvgIpc) is 3.27. The number of carboxylic acids is 2. The van der Waals surface area contributed by atoms with Crippen molar-refractivity contribution in [2.75, 3.05) is 26.7 Å². The molecule has 0 aromatic carbocycles. The van der Waals surface area contributed by atoms with Gasteiger partial charge in [0.2, 0.25) is 0 Å². The summed E-state index contributed by atoms with van der Waals surface area (Å²) in [6.07, 6.45) is 43.7. The molecule has 1 unspecified atom stereocenters. The SMILES string of the molecule is CCCCCCCCCCCCC(CCC(=O)OC(CCCCCCCCCCCCCCC(=O)O)CCCCCCCCCCCCCCC(=O)O)OC(=O)OCCCN(C)CC. The third-order valence-electron chi connectivity index (χ3n) is 12.9. The number of aliphatic carboxylic acids is 2. The van der Waals surface area contributed by atoms with Crippen LogP contribution in [0.25, 0.3) is 0 Å². The maximum absolute atomic E-state index is 13.4. The number of carbonyl (C=O) groups excluding carboxylic acids is 2. The van der Waals surface area contributed by atoms with Crippen LogP contribution in [-0.4, -0.2) is 78.1 Å². The summed E-state index contributed by atoms with van der Waals surface area (Å²) in [4.78, 5) is 49.6. The van der Waals surface area contributed by atoms with E-state index in [4.69, 9.17) is 24.4 Å². The Kier molecular flexibility index (Phi) is 46.8. The fourth-order valence-corrected chi connectivity index (χ4v) is 8.56. The van der Waals surface area contributed by atoms with Gasteiger partial charge in [-0.1, -0.05) is 200 Å². The second-order valence-electron chi connectivity index (χ2n) is 19.1. The number of rotatable bonds is 51. The summed E-state index contributed by atoms with van der Waals surface area (Å²) in [7, 11) is 2.05. The van der Waals surface area contributed by atoms with E-state index in [1.807, 2.05) is 0 Å². The lowest BCUT2D eigenvalue weighted by atomic mass is 10.0. The first kappa shape index (κ1) is 61.6. The molecule has 0 saturated carbocycles. The topological polar surface area (TPSA) is 140 Å². The molecule has 0 aliphatic rings. The van der Waals surface area contributed by atoms with Crippen molar-refractivity contribution in [1.82, 2.24) is 4.90 Å². The Morgan fingerprint density at radius 3 is 1.08 bits per heavy atom. The first-order valence-electron chi connectivity index (χ1n) is 27.3. The minimum absolute atomic E-state index is 0.0638. The zero-order chi connectivity index (χ0) is 47.0. The predicted molar refractivity (Wildman–Crippen MR) is 264 cm³/mol. The molecule has 0 saturated heterocycles. The Bertz CT molecular complexity index is 1010. The van der Waals surface area contributed by atoms with Crippen molar-refractivity contribution in [2.45, 2.75) is 296 Å². The van der Waals surface area contributed by atoms with Gasteiger partial charge in [0.05, 0.1) is 6.61 Å². The minimum Gasteiger partial charge on any atom is -0.481 e. The van der Waals surface area contributed by atoms with Crippen LogP contribution in [0.3, 0.4) is 0 Å². The van der Waals surface area contributed by atoms with Gasteiger partial charge in [-0.2, -0.15) is 0 Å². The van der Waals surface area contributed by atoms with Gasteiger partial charge in [0.15, 0.2) is 0 Å². The van der Waals surface area contributed by atoms with Crippen LogP contribution >= 0.6 is 0 Å². The Morgan fingerprint density at radius 2 is 0.734 bits per heavy atom. The quantitative estimate of drug-likeness (QED) is 0.0448. The van der Waals surface area contributed by atoms with Crippen molar-refractivity contribution in [1.29, 1.82) is 0 Å². The molecule has 0 spiro atoms. The number of carbonyl (C=O) groups is 4. The van der Waals surface area contributed by atoms with Crippen LogP contribution in [0.5, 0.6) is 0 Å². The molecule has 0 heterocycles. The van der Waals surface area contributed by atoms with Crippen molar-refractivity contribution < 1.29 is 43.6 Å². The molecule has 0 aliphatic carbocycles. The van der Waals surface area contributed by atoms with Crippen LogP contribution in [0.15, 0.2) is 0 Å². The van der Waals surface area contributed by atoms with E-state index in [2.05, 4.69) is 25.8 Å². The number of esters is 1. The van der Waals surface area contributed by atoms with Gasteiger partial charge in [-0.15, -0.1) is 0 Å². The largest absolute Gasteiger partial charge is 0.508 e. The highest BCUT2D eigenvalue weighted by Gasteiger charge is 2.20. The highest BCUT2D eigenvalue weighted by atomic mass is 16.7. The normalized spacial score (nSPS) is 12.0. The van der Waals surface area contributed by atoms with Gasteiger partial charge in [-0.3, -0.25) is 14.4 Å². The molecule has 0 aromatic heterocycles. The lowest BCUT2D eigenvalue weighted by molar-refractivity contribution is -0.150. The van der Waals surface area contributed by atoms with E-state index in [1.54, 1.807) is 0 Å². The monoisotopic (exact) mass is 910 g/mol. The summed E-state index contributed by atoms with van der Waals surface area (Å²) in [5.74, 6) is -1.56. The van der Waals surface area contributed by atoms with Gasteiger partial charge in [0.25, 0.3) is 0 Å². The molecule has 0 aromatic rings. The number of ether oxygens (including phenoxy) is 3. The summed E-state index contributed by atoms with van der Waals surface area (Å²) >= 11 is 0. The van der Waals surface area contributed by atoms with Crippen molar-refractivity contribution >= 4 is 24.1 Å². The van der Waals surface area contributed by atoms with Crippen LogP contribution < -0.4 is 0 Å². The zero-order valence-corrected chi connectivity index (χ0v) is 42.2. The number of hydrogen-bond donors (Lipinski definition) is 2. The molecule has 1 atom stereocenters. The standard InChI is InChI=1S/C54H103NO9/c1-4-6-7-8-9-10-19-26-31-36-42-50(64-54(61)62-48-39-47-55(3)5-2)45-46-53(60)63-49(40-34-29-24-20-15-11-13-17-22-27-32-37-43-51(56)57)41-35-30-25-21-16-12-14-18-23-28-33-38-44-52(58)59/h49-50H,4-48H2,1-3H3,(H,56,57)(H,58,59). The molecular formula is C54H103NO9. The van der Waals surface area contributed by atoms with Gasteiger partial charge in [-0.25, -0.2) is 4.79 Å². The van der Waals surface area contributed by atoms with Crippen LogP contribution in [0.4, 0.5) is 4.79 Å². The van der Waals surface area contributed by atoms with Crippen LogP contribution in [-0.2, 0) is 28.6 Å². The number of nitrogens with zero attached hydrogens (tertiary/aromatic N) is 1. The minimum atomic E-state index is -0.690. The van der Waals surface area contributed by atoms with E-state index in [0.29, 0.717) is 25.9 Å². The number of hydrogen-bond acceptors (Lipinski definition) is 8.